The van der Waals surface area contributed by atoms with Gasteiger partial charge in [-0.3, -0.25) is 0 Å². The molecule has 0 aromatic rings. The molecular formula is C11H21NO. The Labute approximate surface area is 81.4 Å². The first-order valence-corrected chi connectivity index (χ1v) is 5.26. The minimum Gasteiger partial charge on any atom is -0.378 e. The van der Waals surface area contributed by atoms with Crippen molar-refractivity contribution in [3.8, 4) is 0 Å². The lowest BCUT2D eigenvalue weighted by Gasteiger charge is -2.28. The molecule has 76 valence electrons. The molecule has 2 nitrogen and oxygen atoms in total. The number of nitrogens with one attached hydrogen (secondary N) is 1. The topological polar surface area (TPSA) is 21.3 Å². The summed E-state index contributed by atoms with van der Waals surface area (Å²) in [7, 11) is 2.05. The van der Waals surface area contributed by atoms with Crippen LogP contribution in [0.15, 0.2) is 12.7 Å². The summed E-state index contributed by atoms with van der Waals surface area (Å²) in [5.74, 6) is 0. The molecule has 13 heavy (non-hydrogen) atoms. The first kappa shape index (κ1) is 10.7. The maximum atomic E-state index is 5.72. The average molecular weight is 183 g/mol. The molecular weight excluding hydrogens is 162 g/mol. The van der Waals surface area contributed by atoms with Gasteiger partial charge in [0, 0.05) is 6.04 Å². The summed E-state index contributed by atoms with van der Waals surface area (Å²) >= 11 is 0. The van der Waals surface area contributed by atoms with E-state index in [2.05, 4.69) is 11.9 Å². The molecule has 1 rings (SSSR count). The maximum Gasteiger partial charge on any atom is 0.0576 e. The van der Waals surface area contributed by atoms with Crippen LogP contribution in [0, 0.1) is 0 Å². The van der Waals surface area contributed by atoms with Gasteiger partial charge in [-0.05, 0) is 39.2 Å². The summed E-state index contributed by atoms with van der Waals surface area (Å²) in [5.41, 5.74) is 0. The van der Waals surface area contributed by atoms with Gasteiger partial charge >= 0.3 is 0 Å². The summed E-state index contributed by atoms with van der Waals surface area (Å²) in [6.07, 6.45) is 8.34. The number of ether oxygens (including phenoxy) is 1. The van der Waals surface area contributed by atoms with E-state index < -0.39 is 0 Å². The van der Waals surface area contributed by atoms with Crippen molar-refractivity contribution in [2.45, 2.75) is 44.2 Å². The second-order valence-corrected chi connectivity index (χ2v) is 3.71. The van der Waals surface area contributed by atoms with Crippen molar-refractivity contribution in [2.24, 2.45) is 0 Å². The molecule has 2 heteroatoms. The summed E-state index contributed by atoms with van der Waals surface area (Å²) < 4.78 is 5.72. The smallest absolute Gasteiger partial charge is 0.0576 e. The lowest BCUT2D eigenvalue weighted by molar-refractivity contribution is 0.0257. The van der Waals surface area contributed by atoms with Crippen LogP contribution in [0.5, 0.6) is 0 Å². The van der Waals surface area contributed by atoms with E-state index in [1.54, 1.807) is 0 Å². The molecule has 0 spiro atoms. The van der Waals surface area contributed by atoms with Gasteiger partial charge < -0.3 is 10.1 Å². The Balaban J connectivity index is 2.06. The monoisotopic (exact) mass is 183 g/mol. The van der Waals surface area contributed by atoms with Gasteiger partial charge in [-0.15, -0.1) is 6.58 Å². The van der Waals surface area contributed by atoms with Crippen molar-refractivity contribution in [2.75, 3.05) is 13.7 Å². The highest BCUT2D eigenvalue weighted by molar-refractivity contribution is 4.76. The highest BCUT2D eigenvalue weighted by Crippen LogP contribution is 2.20. The van der Waals surface area contributed by atoms with E-state index >= 15 is 0 Å². The standard InChI is InChI=1S/C11H21NO/c1-3-4-9-13-11-7-5-10(12-2)6-8-11/h3,10-12H,1,4-9H2,2H3. The van der Waals surface area contributed by atoms with Crippen molar-refractivity contribution < 1.29 is 4.74 Å². The third-order valence-electron chi connectivity index (χ3n) is 2.76. The molecule has 1 N–H and O–H groups in total. The summed E-state index contributed by atoms with van der Waals surface area (Å²) in [5, 5.41) is 3.32. The van der Waals surface area contributed by atoms with Gasteiger partial charge in [0.1, 0.15) is 0 Å². The predicted octanol–water partition coefficient (Wildman–Crippen LogP) is 2.11. The average Bonchev–Trinajstić information content (AvgIpc) is 2.19. The zero-order chi connectivity index (χ0) is 9.52. The van der Waals surface area contributed by atoms with Crippen LogP contribution in [0.2, 0.25) is 0 Å². The molecule has 1 aliphatic carbocycles. The quantitative estimate of drug-likeness (QED) is 0.520. The van der Waals surface area contributed by atoms with Gasteiger partial charge in [0.25, 0.3) is 0 Å². The van der Waals surface area contributed by atoms with Crippen LogP contribution in [0.3, 0.4) is 0 Å². The van der Waals surface area contributed by atoms with Crippen LogP contribution >= 0.6 is 0 Å². The highest BCUT2D eigenvalue weighted by atomic mass is 16.5. The Hall–Kier alpha value is -0.340. The predicted molar refractivity (Wildman–Crippen MR) is 55.9 cm³/mol. The minimum atomic E-state index is 0.504. The molecule has 0 aromatic carbocycles. The van der Waals surface area contributed by atoms with Crippen LogP contribution in [0.1, 0.15) is 32.1 Å². The van der Waals surface area contributed by atoms with E-state index in [1.165, 1.54) is 25.7 Å². The molecule has 0 amide bonds. The van der Waals surface area contributed by atoms with Crippen LogP contribution in [-0.2, 0) is 4.74 Å². The van der Waals surface area contributed by atoms with Crippen LogP contribution in [-0.4, -0.2) is 25.8 Å². The molecule has 1 fully saturated rings. The van der Waals surface area contributed by atoms with Gasteiger partial charge in [0.15, 0.2) is 0 Å². The van der Waals surface area contributed by atoms with Crippen molar-refractivity contribution in [3.63, 3.8) is 0 Å². The first-order chi connectivity index (χ1) is 6.36. The normalized spacial score (nSPS) is 28.7. The second kappa shape index (κ2) is 6.17. The first-order valence-electron chi connectivity index (χ1n) is 5.26. The SMILES string of the molecule is C=CCCOC1CCC(NC)CC1. The molecule has 1 aliphatic rings. The fraction of sp³-hybridized carbons (Fsp3) is 0.818. The Morgan fingerprint density at radius 2 is 2.08 bits per heavy atom. The van der Waals surface area contributed by atoms with Crippen molar-refractivity contribution in [1.29, 1.82) is 0 Å². The second-order valence-electron chi connectivity index (χ2n) is 3.71. The van der Waals surface area contributed by atoms with Crippen LogP contribution < -0.4 is 5.32 Å². The molecule has 0 aliphatic heterocycles. The lowest BCUT2D eigenvalue weighted by atomic mass is 9.93. The zero-order valence-electron chi connectivity index (χ0n) is 8.59. The van der Waals surface area contributed by atoms with E-state index in [0.717, 1.165) is 19.1 Å². The van der Waals surface area contributed by atoms with Crippen LogP contribution in [0.25, 0.3) is 0 Å². The van der Waals surface area contributed by atoms with Crippen molar-refractivity contribution >= 4 is 0 Å². The summed E-state index contributed by atoms with van der Waals surface area (Å²) in [4.78, 5) is 0. The molecule has 0 heterocycles. The van der Waals surface area contributed by atoms with Gasteiger partial charge in [-0.1, -0.05) is 6.08 Å². The van der Waals surface area contributed by atoms with Gasteiger partial charge in [-0.2, -0.15) is 0 Å². The minimum absolute atomic E-state index is 0.504. The fourth-order valence-electron chi connectivity index (χ4n) is 1.84. The molecule has 0 saturated heterocycles. The largest absolute Gasteiger partial charge is 0.378 e. The van der Waals surface area contributed by atoms with E-state index in [4.69, 9.17) is 4.74 Å². The van der Waals surface area contributed by atoms with Crippen LogP contribution in [0.4, 0.5) is 0 Å². The molecule has 0 radical (unpaired) electrons. The zero-order valence-corrected chi connectivity index (χ0v) is 8.59. The van der Waals surface area contributed by atoms with E-state index in [9.17, 15) is 0 Å². The third-order valence-corrected chi connectivity index (χ3v) is 2.76. The molecule has 0 atom stereocenters. The summed E-state index contributed by atoms with van der Waals surface area (Å²) in [6, 6.07) is 0.722. The Morgan fingerprint density at radius 1 is 1.38 bits per heavy atom. The fourth-order valence-corrected chi connectivity index (χ4v) is 1.84. The van der Waals surface area contributed by atoms with E-state index in [-0.39, 0.29) is 0 Å². The molecule has 1 saturated carbocycles. The van der Waals surface area contributed by atoms with Gasteiger partial charge in [0.2, 0.25) is 0 Å². The number of hydrogen-bond acceptors (Lipinski definition) is 2. The third kappa shape index (κ3) is 3.92. The summed E-state index contributed by atoms with van der Waals surface area (Å²) in [6.45, 7) is 4.52. The van der Waals surface area contributed by atoms with E-state index in [1.807, 2.05) is 13.1 Å². The lowest BCUT2D eigenvalue weighted by Crippen LogP contribution is -2.33. The molecule has 0 bridgehead atoms. The van der Waals surface area contributed by atoms with Gasteiger partial charge in [-0.25, -0.2) is 0 Å². The Bertz CT molecular complexity index is 139. The van der Waals surface area contributed by atoms with E-state index in [0.29, 0.717) is 6.10 Å². The van der Waals surface area contributed by atoms with Gasteiger partial charge in [0.05, 0.1) is 12.7 Å². The Morgan fingerprint density at radius 3 is 2.62 bits per heavy atom. The van der Waals surface area contributed by atoms with Crippen molar-refractivity contribution in [3.05, 3.63) is 12.7 Å². The number of hydrogen-bond donors (Lipinski definition) is 1. The van der Waals surface area contributed by atoms with Crippen molar-refractivity contribution in [1.82, 2.24) is 5.32 Å². The highest BCUT2D eigenvalue weighted by Gasteiger charge is 2.19. The molecule has 0 unspecified atom stereocenters. The molecule has 0 aromatic heterocycles. The maximum absolute atomic E-state index is 5.72. The number of rotatable bonds is 5. The Kier molecular flexibility index (Phi) is 5.09.